The number of para-hydroxylation sites is 1. The van der Waals surface area contributed by atoms with Crippen molar-refractivity contribution in [2.75, 3.05) is 6.54 Å². The topological polar surface area (TPSA) is 46.1 Å². The van der Waals surface area contributed by atoms with Crippen LogP contribution in [0.25, 0.3) is 31.8 Å². The van der Waals surface area contributed by atoms with Crippen LogP contribution in [0.1, 0.15) is 31.0 Å². The van der Waals surface area contributed by atoms with Gasteiger partial charge in [0.05, 0.1) is 0 Å². The van der Waals surface area contributed by atoms with Gasteiger partial charge in [-0.1, -0.05) is 42.5 Å². The van der Waals surface area contributed by atoms with Crippen molar-refractivity contribution in [2.45, 2.75) is 26.8 Å². The van der Waals surface area contributed by atoms with Crippen LogP contribution < -0.4 is 15.5 Å². The van der Waals surface area contributed by atoms with Gasteiger partial charge >= 0.3 is 5.63 Å². The molecule has 0 saturated carbocycles. The van der Waals surface area contributed by atoms with Crippen LogP contribution in [-0.4, -0.2) is 6.54 Å². The van der Waals surface area contributed by atoms with Crippen molar-refractivity contribution in [2.24, 2.45) is 7.05 Å². The number of hydrogen-bond acceptors (Lipinski definition) is 4. The van der Waals surface area contributed by atoms with Crippen molar-refractivity contribution in [3.63, 3.8) is 0 Å². The van der Waals surface area contributed by atoms with E-state index in [-0.39, 0.29) is 11.7 Å². The Hall–Kier alpha value is -2.50. The molecule has 138 valence electrons. The molecule has 4 rings (SSSR count). The Bertz CT molecular complexity index is 1210. The minimum Gasteiger partial charge on any atom is -0.422 e. The predicted molar refractivity (Wildman–Crippen MR) is 111 cm³/mol. The highest BCUT2D eigenvalue weighted by Crippen LogP contribution is 2.32. The van der Waals surface area contributed by atoms with E-state index in [2.05, 4.69) is 48.0 Å². The molecular formula is C22H23N2O2S+. The van der Waals surface area contributed by atoms with Crippen LogP contribution in [0.15, 0.2) is 51.7 Å². The molecule has 1 N–H and O–H groups in total. The fourth-order valence-electron chi connectivity index (χ4n) is 3.63. The molecule has 0 fully saturated rings. The van der Waals surface area contributed by atoms with Crippen molar-refractivity contribution >= 4 is 32.5 Å². The first-order chi connectivity index (χ1) is 13.0. The lowest BCUT2D eigenvalue weighted by atomic mass is 10.0. The third-order valence-electron chi connectivity index (χ3n) is 5.15. The molecule has 1 unspecified atom stereocenters. The lowest BCUT2D eigenvalue weighted by Gasteiger charge is -2.13. The molecular weight excluding hydrogens is 356 g/mol. The monoisotopic (exact) mass is 379 g/mol. The van der Waals surface area contributed by atoms with E-state index in [0.29, 0.717) is 11.1 Å². The predicted octanol–water partition coefficient (Wildman–Crippen LogP) is 4.48. The van der Waals surface area contributed by atoms with E-state index in [1.54, 1.807) is 11.3 Å². The Kier molecular flexibility index (Phi) is 4.58. The lowest BCUT2D eigenvalue weighted by molar-refractivity contribution is -0.629. The van der Waals surface area contributed by atoms with Crippen LogP contribution in [0.4, 0.5) is 0 Å². The summed E-state index contributed by atoms with van der Waals surface area (Å²) in [6, 6.07) is 14.5. The zero-order chi connectivity index (χ0) is 19.1. The summed E-state index contributed by atoms with van der Waals surface area (Å²) in [7, 11) is 2.00. The lowest BCUT2D eigenvalue weighted by Crippen LogP contribution is -2.30. The molecule has 2 heterocycles. The van der Waals surface area contributed by atoms with E-state index in [1.807, 2.05) is 32.2 Å². The first-order valence-corrected chi connectivity index (χ1v) is 10.0. The van der Waals surface area contributed by atoms with Gasteiger partial charge < -0.3 is 9.73 Å². The zero-order valence-corrected chi connectivity index (χ0v) is 16.8. The second kappa shape index (κ2) is 6.91. The van der Waals surface area contributed by atoms with Gasteiger partial charge in [0.25, 0.3) is 5.01 Å². The Labute approximate surface area is 162 Å². The van der Waals surface area contributed by atoms with Crippen LogP contribution in [-0.2, 0) is 7.05 Å². The number of aryl methyl sites for hydroxylation is 2. The Morgan fingerprint density at radius 3 is 2.74 bits per heavy atom. The maximum atomic E-state index is 12.9. The number of hydrogen-bond donors (Lipinski definition) is 1. The minimum atomic E-state index is -0.282. The summed E-state index contributed by atoms with van der Waals surface area (Å²) in [5.41, 5.74) is 4.21. The standard InChI is InChI=1S/C22H23N2O2S/c1-5-23-14(3)15-10-11-16-13(2)20(22(25)26-18(16)12-15)21-24(4)17-8-6-7-9-19(17)27-21/h6-12,14,23H,5H2,1-4H3/q+1. The molecule has 27 heavy (non-hydrogen) atoms. The smallest absolute Gasteiger partial charge is 0.351 e. The SMILES string of the molecule is CCNC(C)c1ccc2c(C)c(-c3sc4ccccc4[n+]3C)c(=O)oc2c1. The van der Waals surface area contributed by atoms with Gasteiger partial charge in [-0.25, -0.2) is 4.79 Å². The molecule has 2 aromatic carbocycles. The summed E-state index contributed by atoms with van der Waals surface area (Å²) in [6.07, 6.45) is 0. The maximum Gasteiger partial charge on any atom is 0.351 e. The quantitative estimate of drug-likeness (QED) is 0.420. The number of rotatable bonds is 4. The zero-order valence-electron chi connectivity index (χ0n) is 16.0. The maximum absolute atomic E-state index is 12.9. The number of fused-ring (bicyclic) bond motifs is 2. The molecule has 2 aromatic heterocycles. The van der Waals surface area contributed by atoms with Crippen molar-refractivity contribution in [1.29, 1.82) is 0 Å². The molecule has 5 heteroatoms. The number of nitrogens with one attached hydrogen (secondary N) is 1. The van der Waals surface area contributed by atoms with E-state index < -0.39 is 0 Å². The third-order valence-corrected chi connectivity index (χ3v) is 6.39. The summed E-state index contributed by atoms with van der Waals surface area (Å²) in [4.78, 5) is 12.9. The number of nitrogens with zero attached hydrogens (tertiary/aromatic N) is 1. The molecule has 0 aliphatic carbocycles. The summed E-state index contributed by atoms with van der Waals surface area (Å²) in [5.74, 6) is 0. The summed E-state index contributed by atoms with van der Waals surface area (Å²) in [6.45, 7) is 7.09. The third kappa shape index (κ3) is 2.97. The summed E-state index contributed by atoms with van der Waals surface area (Å²) >= 11 is 1.62. The van der Waals surface area contributed by atoms with Gasteiger partial charge in [0, 0.05) is 17.5 Å². The normalized spacial score (nSPS) is 12.7. The molecule has 0 spiro atoms. The van der Waals surface area contributed by atoms with E-state index in [0.717, 1.165) is 38.3 Å². The van der Waals surface area contributed by atoms with Gasteiger partial charge in [-0.2, -0.15) is 4.57 Å². The highest BCUT2D eigenvalue weighted by atomic mass is 32.1. The second-order valence-corrected chi connectivity index (χ2v) is 7.89. The number of benzene rings is 2. The Balaban J connectivity index is 1.93. The minimum absolute atomic E-state index is 0.213. The van der Waals surface area contributed by atoms with Crippen molar-refractivity contribution in [1.82, 2.24) is 5.32 Å². The molecule has 0 saturated heterocycles. The highest BCUT2D eigenvalue weighted by Gasteiger charge is 2.25. The highest BCUT2D eigenvalue weighted by molar-refractivity contribution is 7.21. The van der Waals surface area contributed by atoms with Crippen LogP contribution in [0.5, 0.6) is 0 Å². The molecule has 0 radical (unpaired) electrons. The van der Waals surface area contributed by atoms with Crippen LogP contribution >= 0.6 is 11.3 Å². The van der Waals surface area contributed by atoms with Gasteiger partial charge in [-0.3, -0.25) is 0 Å². The van der Waals surface area contributed by atoms with Gasteiger partial charge in [-0.05, 0) is 43.7 Å². The van der Waals surface area contributed by atoms with Crippen molar-refractivity contribution in [3.05, 3.63) is 64.0 Å². The molecule has 0 bridgehead atoms. The molecule has 0 amide bonds. The van der Waals surface area contributed by atoms with Crippen molar-refractivity contribution < 1.29 is 8.98 Å². The summed E-state index contributed by atoms with van der Waals surface area (Å²) in [5, 5.41) is 5.30. The molecule has 0 aliphatic rings. The van der Waals surface area contributed by atoms with E-state index in [9.17, 15) is 4.79 Å². The molecule has 1 atom stereocenters. The number of aromatic nitrogens is 1. The molecule has 0 aliphatic heterocycles. The van der Waals surface area contributed by atoms with Crippen molar-refractivity contribution in [3.8, 4) is 10.6 Å². The average molecular weight is 380 g/mol. The number of thiazole rings is 1. The Morgan fingerprint density at radius 2 is 2.00 bits per heavy atom. The Morgan fingerprint density at radius 1 is 1.22 bits per heavy atom. The van der Waals surface area contributed by atoms with Gasteiger partial charge in [0.15, 0.2) is 0 Å². The molecule has 4 aromatic rings. The molecule has 4 nitrogen and oxygen atoms in total. The largest absolute Gasteiger partial charge is 0.422 e. The fraction of sp³-hybridized carbons (Fsp3) is 0.273. The van der Waals surface area contributed by atoms with E-state index in [1.165, 1.54) is 0 Å². The van der Waals surface area contributed by atoms with Crippen LogP contribution in [0, 0.1) is 6.92 Å². The van der Waals surface area contributed by atoms with Gasteiger partial charge in [0.2, 0.25) is 5.52 Å². The van der Waals surface area contributed by atoms with Crippen LogP contribution in [0.2, 0.25) is 0 Å². The average Bonchev–Trinajstić information content (AvgIpc) is 2.98. The van der Waals surface area contributed by atoms with E-state index in [4.69, 9.17) is 4.42 Å². The van der Waals surface area contributed by atoms with Gasteiger partial charge in [0.1, 0.15) is 22.9 Å². The summed E-state index contributed by atoms with van der Waals surface area (Å²) < 4.78 is 8.99. The fourth-order valence-corrected chi connectivity index (χ4v) is 4.87. The first-order valence-electron chi connectivity index (χ1n) is 9.20. The second-order valence-electron chi connectivity index (χ2n) is 6.86. The first kappa shape index (κ1) is 17.9. The van der Waals surface area contributed by atoms with Crippen LogP contribution in [0.3, 0.4) is 0 Å². The van der Waals surface area contributed by atoms with Gasteiger partial charge in [-0.15, -0.1) is 0 Å². The van der Waals surface area contributed by atoms with E-state index >= 15 is 0 Å².